The van der Waals surface area contributed by atoms with Crippen LogP contribution in [0, 0.1) is 11.8 Å². The summed E-state index contributed by atoms with van der Waals surface area (Å²) in [5.74, 6) is 1.67. The molecule has 0 spiro atoms. The number of rotatable bonds is 3. The lowest BCUT2D eigenvalue weighted by Gasteiger charge is -2.49. The Balaban J connectivity index is 2.12. The Morgan fingerprint density at radius 3 is 2.68 bits per heavy atom. The van der Waals surface area contributed by atoms with Gasteiger partial charge in [-0.2, -0.15) is 0 Å². The summed E-state index contributed by atoms with van der Waals surface area (Å²) < 4.78 is 0. The fraction of sp³-hybridized carbons (Fsp3) is 0.938. The maximum atomic E-state index is 12.8. The number of hydrogen-bond acceptors (Lipinski definition) is 2. The molecule has 2 rings (SSSR count). The highest BCUT2D eigenvalue weighted by atomic mass is 16.2. The third-order valence-corrected chi connectivity index (χ3v) is 5.26. The maximum absolute atomic E-state index is 12.8. The van der Waals surface area contributed by atoms with E-state index in [2.05, 4.69) is 18.7 Å². The zero-order valence-electron chi connectivity index (χ0n) is 12.8. The van der Waals surface area contributed by atoms with Gasteiger partial charge in [0.25, 0.3) is 0 Å². The second-order valence-corrected chi connectivity index (χ2v) is 6.95. The van der Waals surface area contributed by atoms with E-state index in [1.165, 1.54) is 25.7 Å². The Morgan fingerprint density at radius 1 is 1.32 bits per heavy atom. The van der Waals surface area contributed by atoms with Gasteiger partial charge in [0.15, 0.2) is 0 Å². The van der Waals surface area contributed by atoms with E-state index >= 15 is 0 Å². The van der Waals surface area contributed by atoms with E-state index in [9.17, 15) is 4.79 Å². The Morgan fingerprint density at radius 2 is 2.00 bits per heavy atom. The quantitative estimate of drug-likeness (QED) is 0.853. The van der Waals surface area contributed by atoms with Crippen molar-refractivity contribution >= 4 is 5.91 Å². The van der Waals surface area contributed by atoms with Crippen molar-refractivity contribution in [1.82, 2.24) is 4.90 Å². The number of carbonyl (C=O) groups excluding carboxylic acids is 1. The van der Waals surface area contributed by atoms with Crippen LogP contribution in [-0.2, 0) is 4.79 Å². The number of nitrogens with zero attached hydrogens (tertiary/aromatic N) is 1. The summed E-state index contributed by atoms with van der Waals surface area (Å²) in [6.45, 7) is 7.28. The van der Waals surface area contributed by atoms with E-state index < -0.39 is 5.54 Å². The van der Waals surface area contributed by atoms with Gasteiger partial charge in [0.1, 0.15) is 0 Å². The molecule has 1 saturated carbocycles. The van der Waals surface area contributed by atoms with E-state index in [0.29, 0.717) is 12.0 Å². The van der Waals surface area contributed by atoms with Crippen molar-refractivity contribution in [2.24, 2.45) is 17.6 Å². The molecule has 1 heterocycles. The summed E-state index contributed by atoms with van der Waals surface area (Å²) in [5, 5.41) is 0. The van der Waals surface area contributed by atoms with Crippen LogP contribution in [0.3, 0.4) is 0 Å². The predicted octanol–water partition coefficient (Wildman–Crippen LogP) is 2.93. The predicted molar refractivity (Wildman–Crippen MR) is 78.7 cm³/mol. The van der Waals surface area contributed by atoms with Crippen LogP contribution in [-0.4, -0.2) is 28.9 Å². The lowest BCUT2D eigenvalue weighted by atomic mass is 9.72. The number of likely N-dealkylation sites (tertiary alicyclic amines) is 1. The molecular weight excluding hydrogens is 236 g/mol. The molecule has 0 radical (unpaired) electrons. The van der Waals surface area contributed by atoms with Crippen molar-refractivity contribution in [3.05, 3.63) is 0 Å². The highest BCUT2D eigenvalue weighted by Crippen LogP contribution is 2.39. The average molecular weight is 266 g/mol. The highest BCUT2D eigenvalue weighted by molar-refractivity contribution is 5.86. The Kier molecular flexibility index (Phi) is 4.54. The summed E-state index contributed by atoms with van der Waals surface area (Å²) in [7, 11) is 0. The van der Waals surface area contributed by atoms with Crippen LogP contribution in [0.5, 0.6) is 0 Å². The summed E-state index contributed by atoms with van der Waals surface area (Å²) >= 11 is 0. The van der Waals surface area contributed by atoms with Crippen molar-refractivity contribution < 1.29 is 4.79 Å². The molecule has 0 aromatic carbocycles. The first kappa shape index (κ1) is 14.8. The summed E-state index contributed by atoms with van der Waals surface area (Å²) in [5.41, 5.74) is 5.60. The van der Waals surface area contributed by atoms with Crippen LogP contribution < -0.4 is 5.73 Å². The van der Waals surface area contributed by atoms with Crippen LogP contribution in [0.4, 0.5) is 0 Å². The third-order valence-electron chi connectivity index (χ3n) is 5.26. The second kappa shape index (κ2) is 5.82. The topological polar surface area (TPSA) is 46.3 Å². The van der Waals surface area contributed by atoms with Gasteiger partial charge in [0, 0.05) is 12.6 Å². The Bertz CT molecular complexity index is 327. The fourth-order valence-corrected chi connectivity index (χ4v) is 4.12. The molecule has 1 saturated heterocycles. The number of nitrogens with two attached hydrogens (primary N) is 1. The fourth-order valence-electron chi connectivity index (χ4n) is 4.12. The molecule has 0 bridgehead atoms. The first-order valence-electron chi connectivity index (χ1n) is 8.07. The molecule has 1 amide bonds. The zero-order valence-corrected chi connectivity index (χ0v) is 12.8. The summed E-state index contributed by atoms with van der Waals surface area (Å²) in [4.78, 5) is 14.9. The molecule has 2 fully saturated rings. The smallest absolute Gasteiger partial charge is 0.242 e. The van der Waals surface area contributed by atoms with E-state index in [0.717, 1.165) is 31.7 Å². The van der Waals surface area contributed by atoms with Crippen molar-refractivity contribution in [1.29, 1.82) is 0 Å². The molecular formula is C16H30N2O. The molecule has 1 aliphatic carbocycles. The van der Waals surface area contributed by atoms with Crippen LogP contribution >= 0.6 is 0 Å². The third kappa shape index (κ3) is 2.96. The minimum atomic E-state index is -0.669. The molecule has 2 N–H and O–H groups in total. The van der Waals surface area contributed by atoms with E-state index in [-0.39, 0.29) is 5.91 Å². The van der Waals surface area contributed by atoms with Crippen LogP contribution in [0.1, 0.15) is 65.7 Å². The number of piperidine rings is 1. The lowest BCUT2D eigenvalue weighted by molar-refractivity contribution is -0.144. The molecule has 0 aromatic rings. The average Bonchev–Trinajstić information content (AvgIpc) is 2.39. The number of carbonyl (C=O) groups is 1. The van der Waals surface area contributed by atoms with Gasteiger partial charge in [0.05, 0.1) is 5.54 Å². The standard InChI is InChI=1S/C16H30N2O/c1-4-10-16(3,17)15(19)18-11-9-12(2)13-7-5-6-8-14(13)18/h12-14H,4-11,17H2,1-3H3. The molecule has 3 nitrogen and oxygen atoms in total. The molecule has 0 aromatic heterocycles. The van der Waals surface area contributed by atoms with Gasteiger partial charge >= 0.3 is 0 Å². The molecule has 4 atom stereocenters. The summed E-state index contributed by atoms with van der Waals surface area (Å²) in [6, 6.07) is 0.463. The van der Waals surface area contributed by atoms with E-state index in [4.69, 9.17) is 5.73 Å². The minimum Gasteiger partial charge on any atom is -0.338 e. The first-order valence-corrected chi connectivity index (χ1v) is 8.07. The van der Waals surface area contributed by atoms with Crippen LogP contribution in [0.2, 0.25) is 0 Å². The molecule has 19 heavy (non-hydrogen) atoms. The van der Waals surface area contributed by atoms with Gasteiger partial charge in [-0.25, -0.2) is 0 Å². The zero-order chi connectivity index (χ0) is 14.0. The minimum absolute atomic E-state index is 0.193. The van der Waals surface area contributed by atoms with E-state index in [1.54, 1.807) is 0 Å². The largest absolute Gasteiger partial charge is 0.338 e. The molecule has 3 heteroatoms. The molecule has 4 unspecified atom stereocenters. The Labute approximate surface area is 117 Å². The first-order chi connectivity index (χ1) is 8.97. The van der Waals surface area contributed by atoms with Gasteiger partial charge in [-0.3, -0.25) is 4.79 Å². The van der Waals surface area contributed by atoms with Crippen molar-refractivity contribution in [2.45, 2.75) is 77.3 Å². The van der Waals surface area contributed by atoms with Gasteiger partial charge in [-0.05, 0) is 44.4 Å². The number of hydrogen-bond donors (Lipinski definition) is 1. The monoisotopic (exact) mass is 266 g/mol. The Hall–Kier alpha value is -0.570. The molecule has 1 aliphatic heterocycles. The SMILES string of the molecule is CCCC(C)(N)C(=O)N1CCC(C)C2CCCCC21. The van der Waals surface area contributed by atoms with Crippen molar-refractivity contribution in [3.63, 3.8) is 0 Å². The normalized spacial score (nSPS) is 34.5. The second-order valence-electron chi connectivity index (χ2n) is 6.95. The lowest BCUT2D eigenvalue weighted by Crippen LogP contribution is -2.60. The highest BCUT2D eigenvalue weighted by Gasteiger charge is 2.43. The molecule has 110 valence electrons. The van der Waals surface area contributed by atoms with Crippen molar-refractivity contribution in [2.75, 3.05) is 6.54 Å². The number of amides is 1. The van der Waals surface area contributed by atoms with E-state index in [1.807, 2.05) is 6.92 Å². The van der Waals surface area contributed by atoms with Gasteiger partial charge in [0.2, 0.25) is 5.91 Å². The summed E-state index contributed by atoms with van der Waals surface area (Å²) in [6.07, 6.45) is 7.99. The van der Waals surface area contributed by atoms with Crippen LogP contribution in [0.25, 0.3) is 0 Å². The number of fused-ring (bicyclic) bond motifs is 1. The maximum Gasteiger partial charge on any atom is 0.242 e. The van der Waals surface area contributed by atoms with Crippen molar-refractivity contribution in [3.8, 4) is 0 Å². The molecule has 2 aliphatic rings. The van der Waals surface area contributed by atoms with Gasteiger partial charge < -0.3 is 10.6 Å². The van der Waals surface area contributed by atoms with Gasteiger partial charge in [-0.1, -0.05) is 33.1 Å². The van der Waals surface area contributed by atoms with Gasteiger partial charge in [-0.15, -0.1) is 0 Å². The van der Waals surface area contributed by atoms with Crippen LogP contribution in [0.15, 0.2) is 0 Å².